The van der Waals surface area contributed by atoms with E-state index in [4.69, 9.17) is 16.3 Å². The summed E-state index contributed by atoms with van der Waals surface area (Å²) in [5.41, 5.74) is 1.45. The first-order chi connectivity index (χ1) is 8.61. The Bertz CT molecular complexity index is 540. The molecular formula is C14H12BrClO2. The lowest BCUT2D eigenvalue weighted by molar-refractivity contribution is 0.220. The van der Waals surface area contributed by atoms with Crippen LogP contribution < -0.4 is 4.74 Å². The first-order valence-corrected chi connectivity index (χ1v) is 6.56. The predicted molar refractivity (Wildman–Crippen MR) is 76.2 cm³/mol. The third kappa shape index (κ3) is 2.86. The van der Waals surface area contributed by atoms with Crippen LogP contribution in [0.15, 0.2) is 46.9 Å². The van der Waals surface area contributed by atoms with E-state index in [1.165, 1.54) is 0 Å². The van der Waals surface area contributed by atoms with Gasteiger partial charge in [0.2, 0.25) is 0 Å². The normalized spacial score (nSPS) is 12.2. The van der Waals surface area contributed by atoms with Crippen molar-refractivity contribution in [1.29, 1.82) is 0 Å². The van der Waals surface area contributed by atoms with E-state index in [1.54, 1.807) is 13.2 Å². The van der Waals surface area contributed by atoms with E-state index in [0.717, 1.165) is 15.8 Å². The fourth-order valence-corrected chi connectivity index (χ4v) is 2.29. The first kappa shape index (κ1) is 13.4. The van der Waals surface area contributed by atoms with Gasteiger partial charge in [0.15, 0.2) is 0 Å². The topological polar surface area (TPSA) is 29.5 Å². The minimum atomic E-state index is -0.749. The van der Waals surface area contributed by atoms with E-state index in [9.17, 15) is 5.11 Å². The van der Waals surface area contributed by atoms with Crippen molar-refractivity contribution in [3.8, 4) is 5.75 Å². The van der Waals surface area contributed by atoms with Crippen LogP contribution >= 0.6 is 27.5 Å². The zero-order valence-electron chi connectivity index (χ0n) is 9.73. The van der Waals surface area contributed by atoms with E-state index in [0.29, 0.717) is 10.6 Å². The Kier molecular flexibility index (Phi) is 4.27. The summed E-state index contributed by atoms with van der Waals surface area (Å²) in [6, 6.07) is 12.7. The van der Waals surface area contributed by atoms with E-state index in [1.807, 2.05) is 36.4 Å². The van der Waals surface area contributed by atoms with Crippen LogP contribution in [0.1, 0.15) is 17.2 Å². The van der Waals surface area contributed by atoms with Crippen molar-refractivity contribution < 1.29 is 9.84 Å². The van der Waals surface area contributed by atoms with Crippen LogP contribution in [0.25, 0.3) is 0 Å². The van der Waals surface area contributed by atoms with Gasteiger partial charge in [-0.25, -0.2) is 0 Å². The largest absolute Gasteiger partial charge is 0.497 e. The Morgan fingerprint density at radius 1 is 1.17 bits per heavy atom. The van der Waals surface area contributed by atoms with Gasteiger partial charge in [-0.3, -0.25) is 0 Å². The van der Waals surface area contributed by atoms with Crippen molar-refractivity contribution >= 4 is 27.5 Å². The number of rotatable bonds is 3. The number of hydrogen-bond acceptors (Lipinski definition) is 2. The maximum absolute atomic E-state index is 10.3. The molecular weight excluding hydrogens is 316 g/mol. The molecule has 0 fully saturated rings. The lowest BCUT2D eigenvalue weighted by Gasteiger charge is -2.14. The summed E-state index contributed by atoms with van der Waals surface area (Å²) in [6.07, 6.45) is -0.749. The SMILES string of the molecule is COc1ccc(C(O)c2cc(Br)ccc2Cl)cc1. The van der Waals surface area contributed by atoms with Crippen LogP contribution in [-0.2, 0) is 0 Å². The maximum Gasteiger partial charge on any atom is 0.118 e. The highest BCUT2D eigenvalue weighted by Crippen LogP contribution is 2.31. The number of methoxy groups -OCH3 is 1. The van der Waals surface area contributed by atoms with Crippen molar-refractivity contribution in [3.05, 3.63) is 63.1 Å². The highest BCUT2D eigenvalue weighted by molar-refractivity contribution is 9.10. The second kappa shape index (κ2) is 5.74. The number of aliphatic hydroxyl groups is 1. The minimum Gasteiger partial charge on any atom is -0.497 e. The summed E-state index contributed by atoms with van der Waals surface area (Å²) in [5, 5.41) is 10.9. The van der Waals surface area contributed by atoms with Crippen molar-refractivity contribution in [2.75, 3.05) is 7.11 Å². The molecule has 94 valence electrons. The monoisotopic (exact) mass is 326 g/mol. The van der Waals surface area contributed by atoms with Gasteiger partial charge >= 0.3 is 0 Å². The van der Waals surface area contributed by atoms with Crippen LogP contribution in [0, 0.1) is 0 Å². The number of aliphatic hydroxyl groups excluding tert-OH is 1. The van der Waals surface area contributed by atoms with Crippen molar-refractivity contribution in [1.82, 2.24) is 0 Å². The van der Waals surface area contributed by atoms with Gasteiger partial charge in [0, 0.05) is 15.1 Å². The predicted octanol–water partition coefficient (Wildman–Crippen LogP) is 4.19. The average Bonchev–Trinajstić information content (AvgIpc) is 2.41. The molecule has 0 aliphatic rings. The summed E-state index contributed by atoms with van der Waals surface area (Å²) >= 11 is 9.46. The molecule has 2 rings (SSSR count). The Labute approximate surface area is 119 Å². The molecule has 2 nitrogen and oxygen atoms in total. The Morgan fingerprint density at radius 2 is 1.83 bits per heavy atom. The molecule has 1 N–H and O–H groups in total. The van der Waals surface area contributed by atoms with Gasteiger partial charge in [0.1, 0.15) is 11.9 Å². The third-order valence-corrected chi connectivity index (χ3v) is 3.52. The highest BCUT2D eigenvalue weighted by Gasteiger charge is 2.14. The summed E-state index contributed by atoms with van der Waals surface area (Å²) in [6.45, 7) is 0. The van der Waals surface area contributed by atoms with Crippen molar-refractivity contribution in [2.24, 2.45) is 0 Å². The molecule has 0 aliphatic heterocycles. The van der Waals surface area contributed by atoms with Crippen molar-refractivity contribution in [2.45, 2.75) is 6.10 Å². The lowest BCUT2D eigenvalue weighted by Crippen LogP contribution is -2.00. The summed E-state index contributed by atoms with van der Waals surface area (Å²) in [5.74, 6) is 0.756. The van der Waals surface area contributed by atoms with Crippen molar-refractivity contribution in [3.63, 3.8) is 0 Å². The van der Waals surface area contributed by atoms with E-state index in [-0.39, 0.29) is 0 Å². The van der Waals surface area contributed by atoms with Crippen LogP contribution in [0.3, 0.4) is 0 Å². The Hall–Kier alpha value is -1.03. The van der Waals surface area contributed by atoms with E-state index in [2.05, 4.69) is 15.9 Å². The third-order valence-electron chi connectivity index (χ3n) is 2.68. The Morgan fingerprint density at radius 3 is 2.44 bits per heavy atom. The minimum absolute atomic E-state index is 0.543. The molecule has 0 aliphatic carbocycles. The van der Waals surface area contributed by atoms with Gasteiger partial charge < -0.3 is 9.84 Å². The molecule has 4 heteroatoms. The molecule has 2 aromatic carbocycles. The molecule has 1 atom stereocenters. The molecule has 0 aromatic heterocycles. The average molecular weight is 328 g/mol. The Balaban J connectivity index is 2.34. The van der Waals surface area contributed by atoms with Gasteiger partial charge in [-0.2, -0.15) is 0 Å². The number of hydrogen-bond donors (Lipinski definition) is 1. The van der Waals surface area contributed by atoms with Gasteiger partial charge in [-0.1, -0.05) is 39.7 Å². The standard InChI is InChI=1S/C14H12BrClO2/c1-18-11-5-2-9(3-6-11)14(17)12-8-10(15)4-7-13(12)16/h2-8,14,17H,1H3. The van der Waals surface area contributed by atoms with Crippen LogP contribution in [-0.4, -0.2) is 12.2 Å². The molecule has 2 aromatic rings. The van der Waals surface area contributed by atoms with Gasteiger partial charge in [-0.05, 0) is 35.9 Å². The molecule has 1 unspecified atom stereocenters. The summed E-state index contributed by atoms with van der Waals surface area (Å²) in [4.78, 5) is 0. The lowest BCUT2D eigenvalue weighted by atomic mass is 10.0. The van der Waals surface area contributed by atoms with Gasteiger partial charge in [-0.15, -0.1) is 0 Å². The zero-order chi connectivity index (χ0) is 13.1. The van der Waals surface area contributed by atoms with E-state index < -0.39 is 6.10 Å². The summed E-state index contributed by atoms with van der Waals surface area (Å²) in [7, 11) is 1.61. The molecule has 0 heterocycles. The smallest absolute Gasteiger partial charge is 0.118 e. The van der Waals surface area contributed by atoms with Gasteiger partial charge in [0.25, 0.3) is 0 Å². The second-order valence-electron chi connectivity index (χ2n) is 3.84. The maximum atomic E-state index is 10.3. The molecule has 0 radical (unpaired) electrons. The molecule has 0 spiro atoms. The molecule has 0 bridgehead atoms. The molecule has 0 saturated carbocycles. The summed E-state index contributed by atoms with van der Waals surface area (Å²) < 4.78 is 5.97. The molecule has 0 saturated heterocycles. The molecule has 18 heavy (non-hydrogen) atoms. The highest BCUT2D eigenvalue weighted by atomic mass is 79.9. The first-order valence-electron chi connectivity index (χ1n) is 5.39. The molecule has 0 amide bonds. The van der Waals surface area contributed by atoms with E-state index >= 15 is 0 Å². The fourth-order valence-electron chi connectivity index (χ4n) is 1.69. The quantitative estimate of drug-likeness (QED) is 0.916. The van der Waals surface area contributed by atoms with Crippen LogP contribution in [0.4, 0.5) is 0 Å². The zero-order valence-corrected chi connectivity index (χ0v) is 12.1. The van der Waals surface area contributed by atoms with Crippen LogP contribution in [0.5, 0.6) is 5.75 Å². The van der Waals surface area contributed by atoms with Gasteiger partial charge in [0.05, 0.1) is 7.11 Å². The number of halogens is 2. The fraction of sp³-hybridized carbons (Fsp3) is 0.143. The van der Waals surface area contributed by atoms with Crippen LogP contribution in [0.2, 0.25) is 5.02 Å². The number of ether oxygens (including phenoxy) is 1. The number of benzene rings is 2. The second-order valence-corrected chi connectivity index (χ2v) is 5.16.